The Morgan fingerprint density at radius 2 is 1.81 bits per heavy atom. The number of benzene rings is 1. The van der Waals surface area contributed by atoms with Gasteiger partial charge in [-0.15, -0.1) is 0 Å². The van der Waals surface area contributed by atoms with E-state index < -0.39 is 12.8 Å². The number of alkyl halides is 3. The van der Waals surface area contributed by atoms with Gasteiger partial charge in [-0.25, -0.2) is 0 Å². The van der Waals surface area contributed by atoms with Crippen molar-refractivity contribution in [2.45, 2.75) is 32.0 Å². The molecule has 1 aromatic rings. The zero-order valence-electron chi connectivity index (χ0n) is 12.4. The highest BCUT2D eigenvalue weighted by atomic mass is 19.4. The minimum Gasteiger partial charge on any atom is -0.491 e. The van der Waals surface area contributed by atoms with Crippen LogP contribution in [-0.4, -0.2) is 39.1 Å². The molecule has 0 saturated heterocycles. The van der Waals surface area contributed by atoms with Crippen LogP contribution in [0.5, 0.6) is 5.75 Å². The summed E-state index contributed by atoms with van der Waals surface area (Å²) in [5.41, 5.74) is 1.21. The maximum atomic E-state index is 11.8. The lowest BCUT2D eigenvalue weighted by molar-refractivity contribution is -0.175. The molecule has 0 radical (unpaired) electrons. The topological polar surface area (TPSA) is 30.5 Å². The molecule has 0 aliphatic heterocycles. The molecule has 1 atom stereocenters. The second kappa shape index (κ2) is 8.89. The molecule has 0 aliphatic rings. The third-order valence-electron chi connectivity index (χ3n) is 3.04. The summed E-state index contributed by atoms with van der Waals surface area (Å²) in [7, 11) is 1.93. The fourth-order valence-corrected chi connectivity index (χ4v) is 1.69. The standard InChI is InChI=1S/C15H22F3NO2/c1-12(19-2)3-4-13-5-7-14(8-6-13)21-10-9-20-11-15(16,17)18/h5-8,12,19H,3-4,9-11H2,1-2H3. The second-order valence-electron chi connectivity index (χ2n) is 4.89. The molecule has 1 aromatic carbocycles. The van der Waals surface area contributed by atoms with E-state index >= 15 is 0 Å². The molecule has 0 amide bonds. The van der Waals surface area contributed by atoms with E-state index in [9.17, 15) is 13.2 Å². The van der Waals surface area contributed by atoms with Crippen molar-refractivity contribution in [1.29, 1.82) is 0 Å². The largest absolute Gasteiger partial charge is 0.491 e. The van der Waals surface area contributed by atoms with Crippen LogP contribution in [0.2, 0.25) is 0 Å². The molecule has 1 unspecified atom stereocenters. The number of nitrogens with one attached hydrogen (secondary N) is 1. The van der Waals surface area contributed by atoms with Gasteiger partial charge in [-0.1, -0.05) is 12.1 Å². The van der Waals surface area contributed by atoms with Gasteiger partial charge in [0.2, 0.25) is 0 Å². The van der Waals surface area contributed by atoms with Crippen LogP contribution in [0.15, 0.2) is 24.3 Å². The van der Waals surface area contributed by atoms with Gasteiger partial charge in [0, 0.05) is 6.04 Å². The average molecular weight is 305 g/mol. The Kier molecular flexibility index (Phi) is 7.53. The molecule has 0 heterocycles. The molecule has 0 spiro atoms. The third-order valence-corrected chi connectivity index (χ3v) is 3.04. The van der Waals surface area contributed by atoms with Crippen molar-refractivity contribution in [3.8, 4) is 5.75 Å². The fraction of sp³-hybridized carbons (Fsp3) is 0.600. The molecule has 0 fully saturated rings. The number of aryl methyl sites for hydroxylation is 1. The smallest absolute Gasteiger partial charge is 0.411 e. The lowest BCUT2D eigenvalue weighted by atomic mass is 10.1. The first-order valence-electron chi connectivity index (χ1n) is 6.94. The highest BCUT2D eigenvalue weighted by Gasteiger charge is 2.27. The highest BCUT2D eigenvalue weighted by Crippen LogP contribution is 2.15. The van der Waals surface area contributed by atoms with E-state index in [1.165, 1.54) is 5.56 Å². The van der Waals surface area contributed by atoms with Gasteiger partial charge in [0.1, 0.15) is 19.0 Å². The minimum absolute atomic E-state index is 0.0824. The van der Waals surface area contributed by atoms with Crippen molar-refractivity contribution in [3.05, 3.63) is 29.8 Å². The minimum atomic E-state index is -4.29. The molecule has 6 heteroatoms. The molecule has 21 heavy (non-hydrogen) atoms. The van der Waals surface area contributed by atoms with E-state index in [-0.39, 0.29) is 13.2 Å². The van der Waals surface area contributed by atoms with Crippen molar-refractivity contribution in [3.63, 3.8) is 0 Å². The van der Waals surface area contributed by atoms with Gasteiger partial charge >= 0.3 is 6.18 Å². The van der Waals surface area contributed by atoms with Crippen molar-refractivity contribution < 1.29 is 22.6 Å². The third kappa shape index (κ3) is 8.57. The van der Waals surface area contributed by atoms with E-state index in [4.69, 9.17) is 4.74 Å². The molecular weight excluding hydrogens is 283 g/mol. The van der Waals surface area contributed by atoms with Gasteiger partial charge in [0.25, 0.3) is 0 Å². The first-order valence-corrected chi connectivity index (χ1v) is 6.94. The van der Waals surface area contributed by atoms with Gasteiger partial charge in [0.05, 0.1) is 6.61 Å². The SMILES string of the molecule is CNC(C)CCc1ccc(OCCOCC(F)(F)F)cc1. The van der Waals surface area contributed by atoms with Crippen LogP contribution in [0.4, 0.5) is 13.2 Å². The van der Waals surface area contributed by atoms with Gasteiger partial charge in [0.15, 0.2) is 0 Å². The van der Waals surface area contributed by atoms with Crippen LogP contribution in [0.25, 0.3) is 0 Å². The molecule has 0 bridgehead atoms. The first-order chi connectivity index (χ1) is 9.90. The summed E-state index contributed by atoms with van der Waals surface area (Å²) in [4.78, 5) is 0. The quantitative estimate of drug-likeness (QED) is 0.711. The van der Waals surface area contributed by atoms with E-state index in [1.54, 1.807) is 0 Å². The Morgan fingerprint density at radius 3 is 2.38 bits per heavy atom. The summed E-state index contributed by atoms with van der Waals surface area (Å²) < 4.78 is 45.3. The van der Waals surface area contributed by atoms with E-state index in [0.29, 0.717) is 11.8 Å². The first kappa shape index (κ1) is 17.8. The molecule has 0 saturated carbocycles. The second-order valence-corrected chi connectivity index (χ2v) is 4.89. The maximum Gasteiger partial charge on any atom is 0.411 e. The summed E-state index contributed by atoms with van der Waals surface area (Å²) >= 11 is 0. The zero-order valence-corrected chi connectivity index (χ0v) is 12.4. The predicted molar refractivity (Wildman–Crippen MR) is 75.7 cm³/mol. The Morgan fingerprint density at radius 1 is 1.14 bits per heavy atom. The summed E-state index contributed by atoms with van der Waals surface area (Å²) in [6.45, 7) is 0.907. The van der Waals surface area contributed by atoms with Gasteiger partial charge in [-0.3, -0.25) is 0 Å². The Bertz CT molecular complexity index is 393. The predicted octanol–water partition coefficient (Wildman–Crippen LogP) is 3.18. The molecule has 0 aliphatic carbocycles. The molecule has 120 valence electrons. The fourth-order valence-electron chi connectivity index (χ4n) is 1.69. The lowest BCUT2D eigenvalue weighted by Gasteiger charge is -2.11. The van der Waals surface area contributed by atoms with Gasteiger partial charge < -0.3 is 14.8 Å². The van der Waals surface area contributed by atoms with E-state index in [0.717, 1.165) is 12.8 Å². The average Bonchev–Trinajstić information content (AvgIpc) is 2.44. The molecular formula is C15H22F3NO2. The summed E-state index contributed by atoms with van der Waals surface area (Å²) in [5, 5.41) is 3.18. The highest BCUT2D eigenvalue weighted by molar-refractivity contribution is 5.27. The van der Waals surface area contributed by atoms with Crippen LogP contribution >= 0.6 is 0 Å². The Hall–Kier alpha value is -1.27. The number of hydrogen-bond acceptors (Lipinski definition) is 3. The van der Waals surface area contributed by atoms with Gasteiger partial charge in [-0.2, -0.15) is 13.2 Å². The van der Waals surface area contributed by atoms with Gasteiger partial charge in [-0.05, 0) is 44.5 Å². The van der Waals surface area contributed by atoms with Crippen molar-refractivity contribution >= 4 is 0 Å². The number of halogens is 3. The number of hydrogen-bond donors (Lipinski definition) is 1. The molecule has 1 rings (SSSR count). The number of rotatable bonds is 9. The van der Waals surface area contributed by atoms with Crippen LogP contribution < -0.4 is 10.1 Å². The Balaban J connectivity index is 2.22. The monoisotopic (exact) mass is 305 g/mol. The van der Waals surface area contributed by atoms with Crippen molar-refractivity contribution in [2.75, 3.05) is 26.9 Å². The van der Waals surface area contributed by atoms with Crippen LogP contribution in [0.3, 0.4) is 0 Å². The molecule has 1 N–H and O–H groups in total. The van der Waals surface area contributed by atoms with Crippen molar-refractivity contribution in [1.82, 2.24) is 5.32 Å². The summed E-state index contributed by atoms with van der Waals surface area (Å²) in [6, 6.07) is 8.04. The maximum absolute atomic E-state index is 11.8. The van der Waals surface area contributed by atoms with Crippen molar-refractivity contribution in [2.24, 2.45) is 0 Å². The van der Waals surface area contributed by atoms with E-state index in [1.807, 2.05) is 31.3 Å². The lowest BCUT2D eigenvalue weighted by Crippen LogP contribution is -2.21. The normalized spacial score (nSPS) is 13.2. The summed E-state index contributed by atoms with van der Waals surface area (Å²) in [6.07, 6.45) is -2.27. The number of ether oxygens (including phenoxy) is 2. The van der Waals surface area contributed by atoms with Crippen LogP contribution in [0, 0.1) is 0 Å². The van der Waals surface area contributed by atoms with E-state index in [2.05, 4.69) is 17.0 Å². The summed E-state index contributed by atoms with van der Waals surface area (Å²) in [5.74, 6) is 0.635. The van der Waals surface area contributed by atoms with Crippen LogP contribution in [-0.2, 0) is 11.2 Å². The molecule has 0 aromatic heterocycles. The zero-order chi connectivity index (χ0) is 15.7. The molecule has 3 nitrogen and oxygen atoms in total. The Labute approximate surface area is 123 Å². The van der Waals surface area contributed by atoms with Crippen LogP contribution in [0.1, 0.15) is 18.9 Å².